The van der Waals surface area contributed by atoms with Crippen LogP contribution in [0, 0.1) is 0 Å². The van der Waals surface area contributed by atoms with E-state index in [-0.39, 0.29) is 24.0 Å². The Morgan fingerprint density at radius 1 is 0.938 bits per heavy atom. The zero-order chi connectivity index (χ0) is 10.3. The molecule has 0 N–H and O–H groups in total. The highest BCUT2D eigenvalue weighted by molar-refractivity contribution is 7.24. The van der Waals surface area contributed by atoms with E-state index >= 15 is 0 Å². The third-order valence-corrected chi connectivity index (χ3v) is 3.69. The van der Waals surface area contributed by atoms with Gasteiger partial charge in [-0.05, 0) is 12.1 Å². The van der Waals surface area contributed by atoms with Gasteiger partial charge in [-0.15, -0.1) is 0 Å². The summed E-state index contributed by atoms with van der Waals surface area (Å²) in [5.41, 5.74) is 1.89. The number of para-hydroxylation sites is 2. The molecule has 0 aliphatic carbocycles. The Hall–Kier alpha value is -0.520. The lowest BCUT2D eigenvalue weighted by atomic mass is 10.3. The van der Waals surface area contributed by atoms with Crippen LogP contribution < -0.4 is 24.0 Å². The molecule has 4 heteroatoms. The summed E-state index contributed by atoms with van der Waals surface area (Å²) in [6.45, 7) is 0. The van der Waals surface area contributed by atoms with Crippen molar-refractivity contribution in [2.24, 2.45) is 0 Å². The molecule has 0 aliphatic heterocycles. The fourth-order valence-electron chi connectivity index (χ4n) is 1.56. The molecule has 0 unspecified atom stereocenters. The van der Waals surface area contributed by atoms with Gasteiger partial charge in [0.05, 0.1) is 5.02 Å². The monoisotopic (exact) mass is 359 g/mol. The molecule has 1 heterocycles. The van der Waals surface area contributed by atoms with Crippen LogP contribution in [0.25, 0.3) is 20.4 Å². The van der Waals surface area contributed by atoms with E-state index in [1.165, 1.54) is 4.70 Å². The normalized spacial score (nSPS) is 10.3. The number of fused-ring (bicyclic) bond motifs is 2. The van der Waals surface area contributed by atoms with Gasteiger partial charge >= 0.3 is 0 Å². The van der Waals surface area contributed by atoms with Gasteiger partial charge in [0.1, 0.15) is 11.0 Å². The van der Waals surface area contributed by atoms with Gasteiger partial charge in [0.15, 0.2) is 0 Å². The minimum Gasteiger partial charge on any atom is -1.00 e. The van der Waals surface area contributed by atoms with Gasteiger partial charge in [0.25, 0.3) is 9.40 Å². The summed E-state index contributed by atoms with van der Waals surface area (Å²) in [4.78, 5) is 4.56. The van der Waals surface area contributed by atoms with E-state index in [1.807, 2.05) is 36.4 Å². The Balaban J connectivity index is 0.000000963. The molecule has 1 nitrogen and oxygen atoms in total. The third kappa shape index (κ3) is 1.99. The SMILES string of the molecule is Clc1cccc2[s+]c3ccccc3nc12.[I-]. The van der Waals surface area contributed by atoms with Gasteiger partial charge in [-0.25, -0.2) is 4.98 Å². The highest BCUT2D eigenvalue weighted by atomic mass is 127. The van der Waals surface area contributed by atoms with Gasteiger partial charge in [-0.2, -0.15) is 0 Å². The predicted molar refractivity (Wildman–Crippen MR) is 66.5 cm³/mol. The first-order valence-electron chi connectivity index (χ1n) is 4.62. The van der Waals surface area contributed by atoms with Crippen LogP contribution in [-0.2, 0) is 0 Å². The number of benzene rings is 2. The summed E-state index contributed by atoms with van der Waals surface area (Å²) in [6, 6.07) is 14.0. The molecule has 0 spiro atoms. The standard InChI is InChI=1S/C12H7ClNS.HI/c13-8-4-3-7-11-12(8)14-9-5-1-2-6-10(9)15-11;/h1-7H;1H/q+1;/p-1. The van der Waals surface area contributed by atoms with Crippen molar-refractivity contribution >= 4 is 43.4 Å². The van der Waals surface area contributed by atoms with Crippen molar-refractivity contribution in [2.75, 3.05) is 0 Å². The zero-order valence-electron chi connectivity index (χ0n) is 8.15. The van der Waals surface area contributed by atoms with Crippen LogP contribution in [0.3, 0.4) is 0 Å². The highest BCUT2D eigenvalue weighted by Crippen LogP contribution is 2.29. The molecule has 0 atom stereocenters. The quantitative estimate of drug-likeness (QED) is 0.336. The average molecular weight is 360 g/mol. The van der Waals surface area contributed by atoms with E-state index in [4.69, 9.17) is 11.6 Å². The van der Waals surface area contributed by atoms with E-state index in [9.17, 15) is 0 Å². The molecule has 80 valence electrons. The first kappa shape index (κ1) is 12.0. The number of hydrogen-bond donors (Lipinski definition) is 0. The zero-order valence-corrected chi connectivity index (χ0v) is 11.9. The summed E-state index contributed by atoms with van der Waals surface area (Å²) in [5.74, 6) is 0. The molecule has 3 rings (SSSR count). The Labute approximate surface area is 119 Å². The predicted octanol–water partition coefficient (Wildman–Crippen LogP) is 1.39. The second kappa shape index (κ2) is 4.77. The topological polar surface area (TPSA) is 12.9 Å². The number of rotatable bonds is 0. The molecule has 0 aliphatic rings. The number of halogens is 2. The molecule has 0 amide bonds. The Kier molecular flexibility index (Phi) is 3.56. The van der Waals surface area contributed by atoms with Crippen LogP contribution in [0.15, 0.2) is 42.5 Å². The largest absolute Gasteiger partial charge is 1.00 e. The van der Waals surface area contributed by atoms with Gasteiger partial charge in [0, 0.05) is 12.1 Å². The number of hydrogen-bond acceptors (Lipinski definition) is 1. The summed E-state index contributed by atoms with van der Waals surface area (Å²) in [6.07, 6.45) is 0. The number of nitrogens with zero attached hydrogens (tertiary/aromatic N) is 1. The first-order chi connectivity index (χ1) is 7.34. The van der Waals surface area contributed by atoms with E-state index in [2.05, 4.69) is 11.1 Å². The molecule has 3 aromatic rings. The van der Waals surface area contributed by atoms with Crippen LogP contribution >= 0.6 is 22.9 Å². The van der Waals surface area contributed by atoms with Gasteiger partial charge in [-0.1, -0.05) is 29.8 Å². The minimum atomic E-state index is 0. The maximum Gasteiger partial charge on any atom is 0.258 e. The highest BCUT2D eigenvalue weighted by Gasteiger charge is 2.13. The molecule has 2 aromatic carbocycles. The van der Waals surface area contributed by atoms with Crippen molar-refractivity contribution in [1.29, 1.82) is 0 Å². The van der Waals surface area contributed by atoms with Gasteiger partial charge < -0.3 is 24.0 Å². The van der Waals surface area contributed by atoms with Crippen molar-refractivity contribution < 1.29 is 24.0 Å². The number of aromatic nitrogens is 1. The second-order valence-corrected chi connectivity index (χ2v) is 4.76. The molecule has 16 heavy (non-hydrogen) atoms. The Bertz CT molecular complexity index is 657. The fourth-order valence-corrected chi connectivity index (χ4v) is 2.83. The van der Waals surface area contributed by atoms with Crippen LogP contribution in [0.2, 0.25) is 5.02 Å². The third-order valence-electron chi connectivity index (χ3n) is 2.27. The van der Waals surface area contributed by atoms with Gasteiger partial charge in [-0.3, -0.25) is 0 Å². The van der Waals surface area contributed by atoms with Crippen molar-refractivity contribution in [1.82, 2.24) is 4.98 Å². The van der Waals surface area contributed by atoms with Crippen molar-refractivity contribution in [3.05, 3.63) is 47.5 Å². The van der Waals surface area contributed by atoms with Crippen LogP contribution in [0.1, 0.15) is 0 Å². The van der Waals surface area contributed by atoms with Crippen LogP contribution in [0.4, 0.5) is 0 Å². The molecular weight excluding hydrogens is 353 g/mol. The van der Waals surface area contributed by atoms with E-state index in [0.717, 1.165) is 20.8 Å². The summed E-state index contributed by atoms with van der Waals surface area (Å²) in [7, 11) is 0. The van der Waals surface area contributed by atoms with E-state index in [0.29, 0.717) is 0 Å². The fraction of sp³-hybridized carbons (Fsp3) is 0. The Morgan fingerprint density at radius 3 is 2.56 bits per heavy atom. The molecule has 0 saturated carbocycles. The molecule has 1 aromatic heterocycles. The Morgan fingerprint density at radius 2 is 1.69 bits per heavy atom. The maximum atomic E-state index is 6.10. The van der Waals surface area contributed by atoms with Crippen LogP contribution in [0.5, 0.6) is 0 Å². The van der Waals surface area contributed by atoms with Crippen molar-refractivity contribution in [2.45, 2.75) is 0 Å². The average Bonchev–Trinajstić information content (AvgIpc) is 2.27. The molecule has 0 fully saturated rings. The molecule has 0 bridgehead atoms. The molecule has 0 radical (unpaired) electrons. The minimum absolute atomic E-state index is 0. The summed E-state index contributed by atoms with van der Waals surface area (Å²) >= 11 is 7.82. The lowest BCUT2D eigenvalue weighted by molar-refractivity contribution is -0.00000275. The lowest BCUT2D eigenvalue weighted by Crippen LogP contribution is -3.00. The van der Waals surface area contributed by atoms with Crippen LogP contribution in [-0.4, -0.2) is 4.98 Å². The summed E-state index contributed by atoms with van der Waals surface area (Å²) in [5, 5.41) is 0.717. The lowest BCUT2D eigenvalue weighted by Gasteiger charge is -1.93. The summed E-state index contributed by atoms with van der Waals surface area (Å²) < 4.78 is 2.31. The smallest absolute Gasteiger partial charge is 0.258 e. The van der Waals surface area contributed by atoms with E-state index in [1.54, 1.807) is 11.3 Å². The molecule has 0 saturated heterocycles. The molecular formula is C12H7ClINS. The van der Waals surface area contributed by atoms with Crippen molar-refractivity contribution in [3.63, 3.8) is 0 Å². The second-order valence-electron chi connectivity index (χ2n) is 3.27. The van der Waals surface area contributed by atoms with Crippen molar-refractivity contribution in [3.8, 4) is 0 Å². The van der Waals surface area contributed by atoms with Gasteiger partial charge in [0.2, 0.25) is 11.3 Å². The maximum absolute atomic E-state index is 6.10. The van der Waals surface area contributed by atoms with E-state index < -0.39 is 0 Å². The first-order valence-corrected chi connectivity index (χ1v) is 5.81.